The van der Waals surface area contributed by atoms with Crippen LogP contribution in [0.3, 0.4) is 0 Å². The maximum absolute atomic E-state index is 9.92. The number of benzene rings is 1. The van der Waals surface area contributed by atoms with Gasteiger partial charge in [0.05, 0.1) is 24.1 Å². The molecule has 5 nitrogen and oxygen atoms in total. The number of hydrogen-bond acceptors (Lipinski definition) is 5. The molecule has 4 N–H and O–H groups in total. The highest BCUT2D eigenvalue weighted by atomic mass is 16.3. The Morgan fingerprint density at radius 3 is 2.59 bits per heavy atom. The Morgan fingerprint density at radius 2 is 2.18 bits per heavy atom. The summed E-state index contributed by atoms with van der Waals surface area (Å²) in [5.74, 6) is 0.224. The van der Waals surface area contributed by atoms with Crippen LogP contribution in [0.5, 0.6) is 0 Å². The van der Waals surface area contributed by atoms with Gasteiger partial charge in [0, 0.05) is 11.3 Å². The number of nitrogens with zero attached hydrogens (tertiary/aromatic N) is 2. The summed E-state index contributed by atoms with van der Waals surface area (Å²) >= 11 is 0. The SMILES string of the molecule is C=CNC(C)(/C(C)=C(\C)O)N(CN)c1ccc(C#N)cc1C. The predicted molar refractivity (Wildman–Crippen MR) is 90.2 cm³/mol. The Morgan fingerprint density at radius 1 is 1.55 bits per heavy atom. The topological polar surface area (TPSA) is 85.3 Å². The first-order valence-electron chi connectivity index (χ1n) is 7.05. The maximum atomic E-state index is 9.92. The van der Waals surface area contributed by atoms with Gasteiger partial charge in [-0.3, -0.25) is 0 Å². The van der Waals surface area contributed by atoms with Crippen LogP contribution in [-0.2, 0) is 0 Å². The number of nitrogens with one attached hydrogen (secondary N) is 1. The number of allylic oxidation sites excluding steroid dienone is 1. The first-order valence-corrected chi connectivity index (χ1v) is 7.05. The number of aliphatic hydroxyl groups is 1. The van der Waals surface area contributed by atoms with Crippen molar-refractivity contribution in [3.05, 3.63) is 53.4 Å². The average molecular weight is 300 g/mol. The molecule has 0 saturated carbocycles. The van der Waals surface area contributed by atoms with Crippen LogP contribution < -0.4 is 16.0 Å². The second-order valence-electron chi connectivity index (χ2n) is 5.35. The van der Waals surface area contributed by atoms with E-state index in [2.05, 4.69) is 18.0 Å². The zero-order chi connectivity index (χ0) is 16.9. The molecule has 0 amide bonds. The molecule has 0 aliphatic carbocycles. The minimum atomic E-state index is -0.728. The van der Waals surface area contributed by atoms with Crippen LogP contribution in [-0.4, -0.2) is 17.4 Å². The van der Waals surface area contributed by atoms with Crippen LogP contribution in [0.15, 0.2) is 42.3 Å². The van der Waals surface area contributed by atoms with E-state index in [0.717, 1.165) is 16.8 Å². The lowest BCUT2D eigenvalue weighted by Gasteiger charge is -2.44. The molecule has 0 saturated heterocycles. The lowest BCUT2D eigenvalue weighted by Crippen LogP contribution is -2.58. The van der Waals surface area contributed by atoms with Crippen LogP contribution in [0.4, 0.5) is 5.69 Å². The van der Waals surface area contributed by atoms with Crippen LogP contribution >= 0.6 is 0 Å². The van der Waals surface area contributed by atoms with Crippen molar-refractivity contribution in [3.63, 3.8) is 0 Å². The third-order valence-corrected chi connectivity index (χ3v) is 4.00. The third-order valence-electron chi connectivity index (χ3n) is 4.00. The lowest BCUT2D eigenvalue weighted by atomic mass is 9.97. The molecule has 22 heavy (non-hydrogen) atoms. The summed E-state index contributed by atoms with van der Waals surface area (Å²) in [5, 5.41) is 22.1. The third kappa shape index (κ3) is 3.23. The summed E-state index contributed by atoms with van der Waals surface area (Å²) in [7, 11) is 0. The molecule has 0 aromatic heterocycles. The van der Waals surface area contributed by atoms with Crippen molar-refractivity contribution in [2.24, 2.45) is 5.73 Å². The number of hydrogen-bond donors (Lipinski definition) is 3. The van der Waals surface area contributed by atoms with Gasteiger partial charge < -0.3 is 21.1 Å². The molecule has 0 heterocycles. The number of aryl methyl sites for hydroxylation is 1. The molecular formula is C17H24N4O. The van der Waals surface area contributed by atoms with E-state index >= 15 is 0 Å². The van der Waals surface area contributed by atoms with E-state index in [0.29, 0.717) is 5.56 Å². The Labute approximate surface area is 132 Å². The normalized spacial score (nSPS) is 14.4. The highest BCUT2D eigenvalue weighted by Crippen LogP contribution is 2.31. The van der Waals surface area contributed by atoms with Crippen molar-refractivity contribution < 1.29 is 5.11 Å². The molecule has 5 heteroatoms. The predicted octanol–water partition coefficient (Wildman–Crippen LogP) is 2.89. The van der Waals surface area contributed by atoms with Gasteiger partial charge in [-0.1, -0.05) is 6.58 Å². The Bertz CT molecular complexity index is 626. The number of anilines is 1. The number of nitrogens with two attached hydrogens (primary N) is 1. The molecule has 1 unspecified atom stereocenters. The van der Waals surface area contributed by atoms with Gasteiger partial charge in [0.15, 0.2) is 0 Å². The smallest absolute Gasteiger partial charge is 0.134 e. The van der Waals surface area contributed by atoms with Crippen molar-refractivity contribution in [1.29, 1.82) is 5.26 Å². The zero-order valence-electron chi connectivity index (χ0n) is 13.6. The van der Waals surface area contributed by atoms with Crippen molar-refractivity contribution in [2.75, 3.05) is 11.6 Å². The van der Waals surface area contributed by atoms with E-state index in [1.165, 1.54) is 0 Å². The quantitative estimate of drug-likeness (QED) is 0.555. The molecular weight excluding hydrogens is 276 g/mol. The van der Waals surface area contributed by atoms with E-state index in [1.54, 1.807) is 19.2 Å². The summed E-state index contributed by atoms with van der Waals surface area (Å²) in [6.07, 6.45) is 1.58. The molecule has 0 aliphatic rings. The fourth-order valence-electron chi connectivity index (χ4n) is 2.49. The summed E-state index contributed by atoms with van der Waals surface area (Å²) in [6, 6.07) is 7.56. The monoisotopic (exact) mass is 300 g/mol. The summed E-state index contributed by atoms with van der Waals surface area (Å²) < 4.78 is 0. The van der Waals surface area contributed by atoms with Gasteiger partial charge >= 0.3 is 0 Å². The van der Waals surface area contributed by atoms with Crippen molar-refractivity contribution in [3.8, 4) is 6.07 Å². The van der Waals surface area contributed by atoms with E-state index in [9.17, 15) is 5.11 Å². The standard InChI is InChI=1S/C17H24N4O/c1-6-20-17(5,13(3)14(4)22)21(11-19)16-8-7-15(10-18)9-12(16)2/h6-9,20,22H,1,11,19H2,2-5H3/b14-13+. The molecule has 1 rings (SSSR count). The molecule has 0 radical (unpaired) electrons. The summed E-state index contributed by atoms with van der Waals surface area (Å²) in [4.78, 5) is 1.93. The van der Waals surface area contributed by atoms with Gasteiger partial charge in [0.1, 0.15) is 5.66 Å². The second kappa shape index (κ2) is 7.01. The molecule has 0 bridgehead atoms. The van der Waals surface area contributed by atoms with Crippen LogP contribution in [0.1, 0.15) is 31.9 Å². The summed E-state index contributed by atoms with van der Waals surface area (Å²) in [6.45, 7) is 11.3. The number of nitriles is 1. The highest BCUT2D eigenvalue weighted by molar-refractivity contribution is 5.59. The fourth-order valence-corrected chi connectivity index (χ4v) is 2.49. The first kappa shape index (κ1) is 17.6. The number of aliphatic hydroxyl groups excluding tert-OH is 1. The zero-order valence-corrected chi connectivity index (χ0v) is 13.6. The van der Waals surface area contributed by atoms with Gasteiger partial charge in [-0.25, -0.2) is 0 Å². The van der Waals surface area contributed by atoms with Gasteiger partial charge in [-0.05, 0) is 57.7 Å². The molecule has 1 aromatic carbocycles. The molecule has 1 atom stereocenters. The van der Waals surface area contributed by atoms with Crippen molar-refractivity contribution in [1.82, 2.24) is 5.32 Å². The first-order chi connectivity index (χ1) is 10.3. The van der Waals surface area contributed by atoms with Gasteiger partial charge in [0.2, 0.25) is 0 Å². The maximum Gasteiger partial charge on any atom is 0.134 e. The van der Waals surface area contributed by atoms with E-state index in [1.807, 2.05) is 37.8 Å². The molecule has 0 fully saturated rings. The molecule has 0 spiro atoms. The minimum absolute atomic E-state index is 0.224. The molecule has 118 valence electrons. The molecule has 1 aromatic rings. The Hall–Kier alpha value is -2.45. The van der Waals surface area contributed by atoms with E-state index < -0.39 is 5.66 Å². The van der Waals surface area contributed by atoms with Gasteiger partial charge in [0.25, 0.3) is 0 Å². The fraction of sp³-hybridized carbons (Fsp3) is 0.353. The Kier molecular flexibility index (Phi) is 5.61. The lowest BCUT2D eigenvalue weighted by molar-refractivity contribution is 0.366. The van der Waals surface area contributed by atoms with E-state index in [-0.39, 0.29) is 12.4 Å². The molecule has 0 aliphatic heterocycles. The second-order valence-corrected chi connectivity index (χ2v) is 5.35. The minimum Gasteiger partial charge on any atom is -0.513 e. The average Bonchev–Trinajstić information content (AvgIpc) is 2.48. The van der Waals surface area contributed by atoms with Gasteiger partial charge in [-0.2, -0.15) is 5.26 Å². The van der Waals surface area contributed by atoms with Crippen LogP contribution in [0.25, 0.3) is 0 Å². The van der Waals surface area contributed by atoms with Gasteiger partial charge in [-0.15, -0.1) is 0 Å². The number of rotatable bonds is 6. The summed E-state index contributed by atoms with van der Waals surface area (Å²) in [5.41, 5.74) is 8.41. The van der Waals surface area contributed by atoms with Crippen molar-refractivity contribution >= 4 is 5.69 Å². The van der Waals surface area contributed by atoms with Crippen LogP contribution in [0.2, 0.25) is 0 Å². The Balaban J connectivity index is 3.47. The van der Waals surface area contributed by atoms with Crippen LogP contribution in [0, 0.1) is 18.3 Å². The highest BCUT2D eigenvalue weighted by Gasteiger charge is 2.34. The largest absolute Gasteiger partial charge is 0.513 e. The van der Waals surface area contributed by atoms with E-state index in [4.69, 9.17) is 11.0 Å². The van der Waals surface area contributed by atoms with Crippen molar-refractivity contribution in [2.45, 2.75) is 33.4 Å².